The molecule has 1 aliphatic heterocycles. The van der Waals surface area contributed by atoms with Gasteiger partial charge < -0.3 is 15.4 Å². The van der Waals surface area contributed by atoms with E-state index >= 15 is 0 Å². The average molecular weight is 519 g/mol. The molecule has 0 spiro atoms. The number of rotatable bonds is 5. The summed E-state index contributed by atoms with van der Waals surface area (Å²) in [7, 11) is 0. The summed E-state index contributed by atoms with van der Waals surface area (Å²) in [6.45, 7) is 7.51. The topological polar surface area (TPSA) is 125 Å². The predicted molar refractivity (Wildman–Crippen MR) is 142 cm³/mol. The number of nitrogens with zero attached hydrogens (tertiary/aromatic N) is 5. The van der Waals surface area contributed by atoms with E-state index in [9.17, 15) is 14.9 Å². The molecule has 0 atom stereocenters. The number of nitrogen functional groups attached to an aromatic ring is 1. The van der Waals surface area contributed by atoms with Crippen molar-refractivity contribution in [2.45, 2.75) is 26.2 Å². The number of nitriles is 1. The summed E-state index contributed by atoms with van der Waals surface area (Å²) in [4.78, 5) is 39.3. The lowest BCUT2D eigenvalue weighted by Crippen LogP contribution is -2.39. The van der Waals surface area contributed by atoms with Gasteiger partial charge in [0.2, 0.25) is 5.28 Å². The van der Waals surface area contributed by atoms with E-state index < -0.39 is 17.2 Å². The Morgan fingerprint density at radius 3 is 2.54 bits per heavy atom. The molecule has 2 amide bonds. The number of benzene rings is 2. The fourth-order valence-corrected chi connectivity index (χ4v) is 4.17. The van der Waals surface area contributed by atoms with E-state index in [1.807, 2.05) is 4.90 Å². The smallest absolute Gasteiger partial charge is 0.284 e. The van der Waals surface area contributed by atoms with Gasteiger partial charge in [0.1, 0.15) is 11.5 Å². The molecule has 2 N–H and O–H groups in total. The van der Waals surface area contributed by atoms with Crippen LogP contribution in [0.4, 0.5) is 17.2 Å². The number of aryl methyl sites for hydroxylation is 1. The molecule has 190 valence electrons. The normalized spacial score (nSPS) is 13.6. The zero-order chi connectivity index (χ0) is 26.7. The molecule has 0 aliphatic carbocycles. The fourth-order valence-electron chi connectivity index (χ4n) is 4.00. The minimum absolute atomic E-state index is 0.0369. The Morgan fingerprint density at radius 1 is 1.11 bits per heavy atom. The van der Waals surface area contributed by atoms with Crippen LogP contribution in [-0.2, 0) is 10.2 Å². The number of carbonyl (C=O) groups is 2. The number of ether oxygens (including phenoxy) is 1. The number of hydrogen-bond acceptors (Lipinski definition) is 8. The van der Waals surface area contributed by atoms with E-state index in [1.54, 1.807) is 63.2 Å². The van der Waals surface area contributed by atoms with Crippen molar-refractivity contribution < 1.29 is 14.3 Å². The molecule has 0 radical (unpaired) electrons. The first-order valence-corrected chi connectivity index (χ1v) is 12.1. The van der Waals surface area contributed by atoms with Gasteiger partial charge in [-0.1, -0.05) is 18.2 Å². The van der Waals surface area contributed by atoms with Crippen molar-refractivity contribution in [1.82, 2.24) is 9.97 Å². The number of imide groups is 1. The lowest BCUT2D eigenvalue weighted by molar-refractivity contribution is 0.0894. The van der Waals surface area contributed by atoms with Crippen LogP contribution in [0, 0.1) is 18.3 Å². The lowest BCUT2D eigenvalue weighted by atomic mass is 9.85. The molecule has 1 fully saturated rings. The van der Waals surface area contributed by atoms with Crippen molar-refractivity contribution in [3.63, 3.8) is 0 Å². The average Bonchev–Trinajstić information content (AvgIpc) is 2.90. The van der Waals surface area contributed by atoms with Crippen LogP contribution >= 0.6 is 11.6 Å². The molecule has 37 heavy (non-hydrogen) atoms. The predicted octanol–water partition coefficient (Wildman–Crippen LogP) is 4.15. The monoisotopic (exact) mass is 518 g/mol. The van der Waals surface area contributed by atoms with Crippen molar-refractivity contribution in [3.8, 4) is 6.07 Å². The van der Waals surface area contributed by atoms with E-state index in [4.69, 9.17) is 22.1 Å². The second kappa shape index (κ2) is 10.5. The van der Waals surface area contributed by atoms with Crippen LogP contribution < -0.4 is 15.5 Å². The van der Waals surface area contributed by atoms with Crippen molar-refractivity contribution in [2.24, 2.45) is 0 Å². The van der Waals surface area contributed by atoms with E-state index in [0.717, 1.165) is 4.90 Å². The first-order valence-electron chi connectivity index (χ1n) is 11.7. The standard InChI is InChI=1S/C27H27ClN6O3/c1-17-7-8-20(30)14-22(17)34(24(35)18-5-4-6-19(13-18)27(2,3)16-29)25(36)21-15-23(32-26(28)31-21)33-9-11-37-12-10-33/h4-8,13-15H,9-12,30H2,1-3H3. The molecule has 0 saturated carbocycles. The summed E-state index contributed by atoms with van der Waals surface area (Å²) in [6.07, 6.45) is 0. The molecule has 9 nitrogen and oxygen atoms in total. The number of carbonyl (C=O) groups excluding carboxylic acids is 2. The van der Waals surface area contributed by atoms with Gasteiger partial charge in [-0.3, -0.25) is 9.59 Å². The molecule has 1 saturated heterocycles. The summed E-state index contributed by atoms with van der Waals surface area (Å²) in [5.41, 5.74) is 7.44. The third kappa shape index (κ3) is 5.56. The quantitative estimate of drug-likeness (QED) is 0.303. The van der Waals surface area contributed by atoms with Gasteiger partial charge in [-0.05, 0) is 67.8 Å². The molecule has 2 aromatic carbocycles. The molecule has 2 heterocycles. The molecule has 0 bridgehead atoms. The van der Waals surface area contributed by atoms with Crippen molar-refractivity contribution in [3.05, 3.63) is 76.2 Å². The number of nitrogens with two attached hydrogens (primary N) is 1. The van der Waals surface area contributed by atoms with Crippen molar-refractivity contribution >= 4 is 40.6 Å². The Hall–Kier alpha value is -4.00. The summed E-state index contributed by atoms with van der Waals surface area (Å²) >= 11 is 6.22. The number of anilines is 3. The van der Waals surface area contributed by atoms with Crippen LogP contribution in [0.25, 0.3) is 0 Å². The SMILES string of the molecule is Cc1ccc(N)cc1N(C(=O)c1cccc(C(C)(C)C#N)c1)C(=O)c1cc(N2CCOCC2)nc(Cl)n1. The van der Waals surface area contributed by atoms with Gasteiger partial charge in [-0.25, -0.2) is 14.9 Å². The summed E-state index contributed by atoms with van der Waals surface area (Å²) in [5, 5.41) is 9.47. The van der Waals surface area contributed by atoms with Gasteiger partial charge in [-0.2, -0.15) is 5.26 Å². The highest BCUT2D eigenvalue weighted by atomic mass is 35.5. The zero-order valence-electron chi connectivity index (χ0n) is 20.9. The van der Waals surface area contributed by atoms with Crippen LogP contribution in [0.2, 0.25) is 5.28 Å². The number of halogens is 1. The summed E-state index contributed by atoms with van der Waals surface area (Å²) < 4.78 is 5.40. The van der Waals surface area contributed by atoms with Crippen LogP contribution in [0.15, 0.2) is 48.5 Å². The first kappa shape index (κ1) is 26.1. The van der Waals surface area contributed by atoms with Crippen LogP contribution in [0.1, 0.15) is 45.8 Å². The maximum atomic E-state index is 14.0. The third-order valence-corrected chi connectivity index (χ3v) is 6.40. The highest BCUT2D eigenvalue weighted by Crippen LogP contribution is 2.29. The molecule has 3 aromatic rings. The van der Waals surface area contributed by atoms with E-state index in [2.05, 4.69) is 16.0 Å². The minimum Gasteiger partial charge on any atom is -0.399 e. The maximum absolute atomic E-state index is 14.0. The highest BCUT2D eigenvalue weighted by Gasteiger charge is 2.31. The summed E-state index contributed by atoms with van der Waals surface area (Å²) in [5.74, 6) is -0.791. The van der Waals surface area contributed by atoms with Gasteiger partial charge in [0.25, 0.3) is 11.8 Å². The zero-order valence-corrected chi connectivity index (χ0v) is 21.6. The van der Waals surface area contributed by atoms with E-state index in [0.29, 0.717) is 54.6 Å². The van der Waals surface area contributed by atoms with Gasteiger partial charge in [-0.15, -0.1) is 0 Å². The van der Waals surface area contributed by atoms with Gasteiger partial charge in [0, 0.05) is 30.4 Å². The minimum atomic E-state index is -0.828. The Kier molecular flexibility index (Phi) is 7.43. The fraction of sp³-hybridized carbons (Fsp3) is 0.296. The Bertz CT molecular complexity index is 1400. The van der Waals surface area contributed by atoms with Gasteiger partial charge in [0.05, 0.1) is 30.4 Å². The molecular formula is C27H27ClN6O3. The number of hydrogen-bond donors (Lipinski definition) is 1. The van der Waals surface area contributed by atoms with Crippen molar-refractivity contribution in [2.75, 3.05) is 41.8 Å². The Morgan fingerprint density at radius 2 is 1.84 bits per heavy atom. The van der Waals surface area contributed by atoms with Gasteiger partial charge in [0.15, 0.2) is 0 Å². The molecule has 0 unspecified atom stereocenters. The highest BCUT2D eigenvalue weighted by molar-refractivity contribution is 6.29. The number of aromatic nitrogens is 2. The van der Waals surface area contributed by atoms with Gasteiger partial charge >= 0.3 is 0 Å². The number of morpholine rings is 1. The van der Waals surface area contributed by atoms with E-state index in [-0.39, 0.29) is 16.5 Å². The largest absolute Gasteiger partial charge is 0.399 e. The molecular weight excluding hydrogens is 492 g/mol. The molecule has 4 rings (SSSR count). The van der Waals surface area contributed by atoms with Crippen molar-refractivity contribution in [1.29, 1.82) is 5.26 Å². The molecule has 1 aliphatic rings. The molecule has 1 aromatic heterocycles. The van der Waals surface area contributed by atoms with E-state index in [1.165, 1.54) is 6.07 Å². The lowest BCUT2D eigenvalue weighted by Gasteiger charge is -2.28. The van der Waals surface area contributed by atoms with Crippen LogP contribution in [0.3, 0.4) is 0 Å². The third-order valence-electron chi connectivity index (χ3n) is 6.23. The van der Waals surface area contributed by atoms with Crippen LogP contribution in [-0.4, -0.2) is 48.1 Å². The second-order valence-corrected chi connectivity index (χ2v) is 9.63. The maximum Gasteiger partial charge on any atom is 0.284 e. The summed E-state index contributed by atoms with van der Waals surface area (Å²) in [6, 6.07) is 15.5. The number of amides is 2. The Balaban J connectivity index is 1.82. The second-order valence-electron chi connectivity index (χ2n) is 9.29. The van der Waals surface area contributed by atoms with Crippen LogP contribution in [0.5, 0.6) is 0 Å². The first-order chi connectivity index (χ1) is 17.6. The Labute approximate surface area is 220 Å². The molecule has 10 heteroatoms.